The van der Waals surface area contributed by atoms with Crippen LogP contribution in [-0.2, 0) is 5.75 Å². The third-order valence-corrected chi connectivity index (χ3v) is 4.19. The van der Waals surface area contributed by atoms with E-state index >= 15 is 0 Å². The minimum atomic E-state index is 0.620. The zero-order valence-electron chi connectivity index (χ0n) is 10.1. The average molecular weight is 338 g/mol. The molecule has 0 spiro atoms. The predicted octanol–water partition coefficient (Wildman–Crippen LogP) is 3.91. The maximum Gasteiger partial charge on any atom is 0.162 e. The van der Waals surface area contributed by atoms with Crippen LogP contribution in [0.25, 0.3) is 0 Å². The lowest BCUT2D eigenvalue weighted by Gasteiger charge is -2.18. The molecule has 0 fully saturated rings. The second kappa shape index (κ2) is 5.84. The van der Waals surface area contributed by atoms with Crippen LogP contribution in [-0.4, -0.2) is 18.2 Å². The van der Waals surface area contributed by atoms with E-state index < -0.39 is 0 Å². The molecule has 0 N–H and O–H groups in total. The van der Waals surface area contributed by atoms with Gasteiger partial charge in [-0.25, -0.2) is 0 Å². The van der Waals surface area contributed by atoms with Crippen molar-refractivity contribution in [3.05, 3.63) is 46.7 Å². The first-order valence-corrected chi connectivity index (χ1v) is 7.72. The van der Waals surface area contributed by atoms with E-state index in [-0.39, 0.29) is 0 Å². The minimum Gasteiger partial charge on any atom is -0.486 e. The quantitative estimate of drug-likeness (QED) is 0.794. The zero-order valence-corrected chi connectivity index (χ0v) is 12.5. The normalized spacial score (nSPS) is 13.3. The molecule has 0 unspecified atom stereocenters. The Hall–Kier alpha value is -1.20. The van der Waals surface area contributed by atoms with Crippen LogP contribution in [0.3, 0.4) is 0 Å². The summed E-state index contributed by atoms with van der Waals surface area (Å²) >= 11 is 5.12. The van der Waals surface area contributed by atoms with Crippen LogP contribution in [0.4, 0.5) is 0 Å². The molecule has 1 aromatic heterocycles. The van der Waals surface area contributed by atoms with Gasteiger partial charge in [0.1, 0.15) is 13.2 Å². The molecule has 0 saturated heterocycles. The van der Waals surface area contributed by atoms with Crippen molar-refractivity contribution in [2.45, 2.75) is 10.6 Å². The lowest BCUT2D eigenvalue weighted by atomic mass is 10.3. The summed E-state index contributed by atoms with van der Waals surface area (Å²) in [6.45, 7) is 1.25. The number of hydrogen-bond acceptors (Lipinski definition) is 4. The monoisotopic (exact) mass is 337 g/mol. The topological polar surface area (TPSA) is 31.4 Å². The molecule has 1 aromatic carbocycles. The summed E-state index contributed by atoms with van der Waals surface area (Å²) in [7, 11) is 0. The number of ether oxygens (including phenoxy) is 2. The molecule has 19 heavy (non-hydrogen) atoms. The van der Waals surface area contributed by atoms with Crippen molar-refractivity contribution in [2.24, 2.45) is 0 Å². The van der Waals surface area contributed by atoms with Crippen molar-refractivity contribution in [1.29, 1.82) is 0 Å². The highest BCUT2D eigenvalue weighted by molar-refractivity contribution is 9.10. The van der Waals surface area contributed by atoms with Crippen LogP contribution in [0.2, 0.25) is 0 Å². The number of fused-ring (bicyclic) bond motifs is 1. The van der Waals surface area contributed by atoms with Gasteiger partial charge in [0.25, 0.3) is 0 Å². The van der Waals surface area contributed by atoms with Crippen LogP contribution in [0.15, 0.2) is 45.9 Å². The predicted molar refractivity (Wildman–Crippen MR) is 78.9 cm³/mol. The van der Waals surface area contributed by atoms with Gasteiger partial charge in [0.05, 0.1) is 5.69 Å². The van der Waals surface area contributed by atoms with E-state index in [2.05, 4.69) is 27.0 Å². The van der Waals surface area contributed by atoms with Crippen LogP contribution >= 0.6 is 27.7 Å². The van der Waals surface area contributed by atoms with Crippen molar-refractivity contribution >= 4 is 27.7 Å². The zero-order chi connectivity index (χ0) is 13.1. The smallest absolute Gasteiger partial charge is 0.162 e. The second-order valence-electron chi connectivity index (χ2n) is 4.06. The Balaban J connectivity index is 1.68. The molecule has 1 aliphatic rings. The number of halogens is 1. The summed E-state index contributed by atoms with van der Waals surface area (Å²) in [6.07, 6.45) is 1.82. The molecule has 0 atom stereocenters. The molecule has 5 heteroatoms. The van der Waals surface area contributed by atoms with E-state index in [9.17, 15) is 0 Å². The minimum absolute atomic E-state index is 0.620. The SMILES string of the molecule is Brc1ccc(CSc2ccc3c(c2)OCCO3)nc1. The number of thioether (sulfide) groups is 1. The maximum absolute atomic E-state index is 5.57. The van der Waals surface area contributed by atoms with Crippen molar-refractivity contribution in [3.63, 3.8) is 0 Å². The van der Waals surface area contributed by atoms with Crippen LogP contribution in [0.1, 0.15) is 5.69 Å². The van der Waals surface area contributed by atoms with Crippen LogP contribution in [0.5, 0.6) is 11.5 Å². The molecule has 98 valence electrons. The number of aromatic nitrogens is 1. The lowest BCUT2D eigenvalue weighted by molar-refractivity contribution is 0.171. The Labute approximate surface area is 124 Å². The van der Waals surface area contributed by atoms with Gasteiger partial charge in [-0.05, 0) is 46.3 Å². The number of hydrogen-bond donors (Lipinski definition) is 0. The third-order valence-electron chi connectivity index (χ3n) is 2.69. The molecular formula is C14H12BrNO2S. The maximum atomic E-state index is 5.57. The molecule has 0 saturated carbocycles. The molecule has 0 radical (unpaired) electrons. The fraction of sp³-hybridized carbons (Fsp3) is 0.214. The van der Waals surface area contributed by atoms with Crippen LogP contribution in [0, 0.1) is 0 Å². The first-order chi connectivity index (χ1) is 9.31. The first-order valence-electron chi connectivity index (χ1n) is 5.94. The molecule has 2 heterocycles. The summed E-state index contributed by atoms with van der Waals surface area (Å²) in [5.74, 6) is 2.50. The fourth-order valence-corrected chi connectivity index (χ4v) is 2.84. The van der Waals surface area contributed by atoms with E-state index in [0.29, 0.717) is 13.2 Å². The highest BCUT2D eigenvalue weighted by atomic mass is 79.9. The Morgan fingerprint density at radius 1 is 1.11 bits per heavy atom. The van der Waals surface area contributed by atoms with E-state index in [1.165, 1.54) is 0 Å². The fourth-order valence-electron chi connectivity index (χ4n) is 1.76. The van der Waals surface area contributed by atoms with Gasteiger partial charge in [0, 0.05) is 21.3 Å². The summed E-state index contributed by atoms with van der Waals surface area (Å²) in [5.41, 5.74) is 1.06. The highest BCUT2D eigenvalue weighted by Gasteiger charge is 2.11. The highest BCUT2D eigenvalue weighted by Crippen LogP contribution is 2.34. The molecule has 0 bridgehead atoms. The molecule has 0 aliphatic carbocycles. The number of rotatable bonds is 3. The van der Waals surface area contributed by atoms with Gasteiger partial charge in [0.2, 0.25) is 0 Å². The summed E-state index contributed by atoms with van der Waals surface area (Å²) in [4.78, 5) is 5.52. The van der Waals surface area contributed by atoms with Gasteiger partial charge in [-0.3, -0.25) is 4.98 Å². The van der Waals surface area contributed by atoms with Gasteiger partial charge in [-0.1, -0.05) is 0 Å². The van der Waals surface area contributed by atoms with Gasteiger partial charge >= 0.3 is 0 Å². The molecule has 3 rings (SSSR count). The lowest BCUT2D eigenvalue weighted by Crippen LogP contribution is -2.15. The third kappa shape index (κ3) is 3.22. The van der Waals surface area contributed by atoms with E-state index in [1.807, 2.05) is 30.5 Å². The first kappa shape index (κ1) is 12.8. The van der Waals surface area contributed by atoms with E-state index in [1.54, 1.807) is 11.8 Å². The van der Waals surface area contributed by atoms with Crippen LogP contribution < -0.4 is 9.47 Å². The number of nitrogens with zero attached hydrogens (tertiary/aromatic N) is 1. The standard InChI is InChI=1S/C14H12BrNO2S/c15-10-1-2-11(16-8-10)9-19-12-3-4-13-14(7-12)18-6-5-17-13/h1-4,7-8H,5-6,9H2. The van der Waals surface area contributed by atoms with Crippen molar-refractivity contribution in [2.75, 3.05) is 13.2 Å². The Morgan fingerprint density at radius 3 is 2.74 bits per heavy atom. The Bertz CT molecular complexity index is 574. The van der Waals surface area contributed by atoms with Crippen molar-refractivity contribution in [1.82, 2.24) is 4.98 Å². The molecule has 1 aliphatic heterocycles. The molecule has 0 amide bonds. The molecular weight excluding hydrogens is 326 g/mol. The largest absolute Gasteiger partial charge is 0.486 e. The molecule has 2 aromatic rings. The van der Waals surface area contributed by atoms with Crippen molar-refractivity contribution < 1.29 is 9.47 Å². The van der Waals surface area contributed by atoms with Gasteiger partial charge in [-0.15, -0.1) is 11.8 Å². The summed E-state index contributed by atoms with van der Waals surface area (Å²) in [5, 5.41) is 0. The summed E-state index contributed by atoms with van der Waals surface area (Å²) < 4.78 is 12.1. The number of benzene rings is 1. The Morgan fingerprint density at radius 2 is 1.95 bits per heavy atom. The number of pyridine rings is 1. The molecule has 3 nitrogen and oxygen atoms in total. The van der Waals surface area contributed by atoms with Gasteiger partial charge in [0.15, 0.2) is 11.5 Å². The average Bonchev–Trinajstić information content (AvgIpc) is 2.46. The second-order valence-corrected chi connectivity index (χ2v) is 6.03. The van der Waals surface area contributed by atoms with E-state index in [0.717, 1.165) is 32.3 Å². The Kier molecular flexibility index (Phi) is 3.94. The van der Waals surface area contributed by atoms with Crippen molar-refractivity contribution in [3.8, 4) is 11.5 Å². The van der Waals surface area contributed by atoms with Gasteiger partial charge in [-0.2, -0.15) is 0 Å². The van der Waals surface area contributed by atoms with Gasteiger partial charge < -0.3 is 9.47 Å². The van der Waals surface area contributed by atoms with E-state index in [4.69, 9.17) is 9.47 Å². The summed E-state index contributed by atoms with van der Waals surface area (Å²) in [6, 6.07) is 10.1.